The molecule has 63 heavy (non-hydrogen) atoms. The maximum Gasteiger partial charge on any atom is 0.0620 e. The summed E-state index contributed by atoms with van der Waals surface area (Å²) in [4.78, 5) is 2.37. The quantitative estimate of drug-likeness (QED) is 0.149. The highest BCUT2D eigenvalue weighted by molar-refractivity contribution is 6.20. The molecule has 296 valence electrons. The second-order valence-corrected chi connectivity index (χ2v) is 16.1. The maximum absolute atomic E-state index is 2.48. The van der Waals surface area contributed by atoms with E-state index in [9.17, 15) is 0 Å². The largest absolute Gasteiger partial charge is 0.310 e. The van der Waals surface area contributed by atoms with E-state index >= 15 is 0 Å². The second-order valence-electron chi connectivity index (χ2n) is 16.1. The number of hydrogen-bond acceptors (Lipinski definition) is 1. The predicted octanol–water partition coefficient (Wildman–Crippen LogP) is 16.4. The number of hydrogen-bond donors (Lipinski definition) is 0. The molecule has 0 unspecified atom stereocenters. The first kappa shape index (κ1) is 36.5. The van der Waals surface area contributed by atoms with Crippen LogP contribution in [0.15, 0.2) is 249 Å². The monoisotopic (exact) mass is 803 g/mol. The number of benzene rings is 10. The van der Waals surface area contributed by atoms with E-state index in [1.165, 1.54) is 77.0 Å². The van der Waals surface area contributed by atoms with Crippen LogP contribution in [0.5, 0.6) is 0 Å². The summed E-state index contributed by atoms with van der Waals surface area (Å²) < 4.78 is 4.85. The highest BCUT2D eigenvalue weighted by Crippen LogP contribution is 2.48. The lowest BCUT2D eigenvalue weighted by Gasteiger charge is -2.26. The first-order chi connectivity index (χ1) is 31.3. The molecule has 0 radical (unpaired) electrons. The molecule has 0 atom stereocenters. The first-order valence-corrected chi connectivity index (χ1v) is 21.6. The second kappa shape index (κ2) is 15.3. The Morgan fingerprint density at radius 3 is 1.44 bits per heavy atom. The van der Waals surface area contributed by atoms with Crippen molar-refractivity contribution in [3.8, 4) is 44.9 Å². The molecule has 0 amide bonds. The van der Waals surface area contributed by atoms with E-state index < -0.39 is 0 Å². The molecule has 0 N–H and O–H groups in total. The van der Waals surface area contributed by atoms with Crippen LogP contribution in [0.1, 0.15) is 0 Å². The molecule has 0 saturated heterocycles. The number of aromatic nitrogens is 2. The molecule has 0 aliphatic heterocycles. The van der Waals surface area contributed by atoms with Gasteiger partial charge in [-0.15, -0.1) is 0 Å². The molecule has 12 rings (SSSR count). The summed E-state index contributed by atoms with van der Waals surface area (Å²) in [5, 5.41) is 6.10. The van der Waals surface area contributed by atoms with Crippen molar-refractivity contribution in [1.82, 2.24) is 9.13 Å². The Hall–Kier alpha value is -8.40. The van der Waals surface area contributed by atoms with Crippen LogP contribution in [-0.4, -0.2) is 9.13 Å². The van der Waals surface area contributed by atoms with Gasteiger partial charge in [-0.3, -0.25) is 0 Å². The number of rotatable bonds is 8. The molecule has 0 fully saturated rings. The van der Waals surface area contributed by atoms with Gasteiger partial charge < -0.3 is 14.0 Å². The van der Waals surface area contributed by atoms with Crippen molar-refractivity contribution >= 4 is 60.5 Å². The molecule has 0 bridgehead atoms. The lowest BCUT2D eigenvalue weighted by Crippen LogP contribution is -2.09. The first-order valence-electron chi connectivity index (χ1n) is 21.6. The summed E-state index contributed by atoms with van der Waals surface area (Å²) in [5.41, 5.74) is 16.3. The zero-order valence-corrected chi connectivity index (χ0v) is 34.5. The molecule has 0 aliphatic rings. The molecular weight excluding hydrogens is 763 g/mol. The molecule has 2 aromatic heterocycles. The van der Waals surface area contributed by atoms with Crippen LogP contribution in [0, 0.1) is 0 Å². The normalized spacial score (nSPS) is 11.5. The van der Waals surface area contributed by atoms with Crippen LogP contribution in [0.2, 0.25) is 0 Å². The molecule has 3 heteroatoms. The van der Waals surface area contributed by atoms with Gasteiger partial charge in [0.1, 0.15) is 0 Å². The van der Waals surface area contributed by atoms with Gasteiger partial charge in [-0.25, -0.2) is 0 Å². The van der Waals surface area contributed by atoms with Gasteiger partial charge in [0.05, 0.1) is 22.2 Å². The van der Waals surface area contributed by atoms with E-state index in [1.54, 1.807) is 0 Å². The van der Waals surface area contributed by atoms with E-state index in [4.69, 9.17) is 0 Å². The smallest absolute Gasteiger partial charge is 0.0620 e. The third-order valence-electron chi connectivity index (χ3n) is 12.5. The van der Waals surface area contributed by atoms with Crippen molar-refractivity contribution in [3.63, 3.8) is 0 Å². The Balaban J connectivity index is 1.06. The molecule has 3 nitrogen and oxygen atoms in total. The van der Waals surface area contributed by atoms with Gasteiger partial charge in [0.25, 0.3) is 0 Å². The van der Waals surface area contributed by atoms with Gasteiger partial charge in [0, 0.05) is 55.5 Å². The van der Waals surface area contributed by atoms with Crippen molar-refractivity contribution in [2.45, 2.75) is 0 Å². The Morgan fingerprint density at radius 1 is 0.286 bits per heavy atom. The minimum absolute atomic E-state index is 1.09. The summed E-state index contributed by atoms with van der Waals surface area (Å²) in [7, 11) is 0. The van der Waals surface area contributed by atoms with Gasteiger partial charge in [-0.1, -0.05) is 170 Å². The van der Waals surface area contributed by atoms with E-state index in [2.05, 4.69) is 263 Å². The Labute approximate surface area is 366 Å². The Kier molecular flexibility index (Phi) is 8.83. The lowest BCUT2D eigenvalue weighted by atomic mass is 9.92. The molecule has 12 aromatic rings. The fourth-order valence-corrected chi connectivity index (χ4v) is 9.75. The topological polar surface area (TPSA) is 13.1 Å². The third kappa shape index (κ3) is 6.13. The Bertz CT molecular complexity index is 3570. The van der Waals surface area contributed by atoms with Crippen molar-refractivity contribution in [1.29, 1.82) is 0 Å². The van der Waals surface area contributed by atoms with E-state index in [1.807, 2.05) is 0 Å². The van der Waals surface area contributed by atoms with Crippen LogP contribution in [0.3, 0.4) is 0 Å². The number of anilines is 3. The van der Waals surface area contributed by atoms with Gasteiger partial charge >= 0.3 is 0 Å². The highest BCUT2D eigenvalue weighted by atomic mass is 15.1. The molecule has 0 aliphatic carbocycles. The number of fused-ring (bicyclic) bond motifs is 6. The molecular formula is C60H41N3. The summed E-state index contributed by atoms with van der Waals surface area (Å²) in [6, 6.07) is 90.0. The van der Waals surface area contributed by atoms with Gasteiger partial charge in [0.2, 0.25) is 0 Å². The standard InChI is InChI=1S/C60H41N3/c1-6-20-43(21-7-1)58-55-41-53(50-30-16-17-32-52(50)60(55)63(47-28-14-5-15-29-47)59(58)44-22-8-2-9-23-44)42-34-36-48(37-35-42)61(45-24-10-3-11-25-45)49-38-39-57-54(40-49)51-31-18-19-33-56(51)62(57)46-26-12-4-13-27-46/h1-41H. The SMILES string of the molecule is c1ccc(-c2c(-c3ccccc3)n(-c3ccccc3)c3c2cc(-c2ccc(N(c4ccccc4)c4ccc5c(c4)c4ccccc4n5-c4ccccc4)cc2)c2ccccc23)cc1. The zero-order chi connectivity index (χ0) is 41.7. The van der Waals surface area contributed by atoms with Gasteiger partial charge in [-0.2, -0.15) is 0 Å². The minimum atomic E-state index is 1.09. The third-order valence-corrected chi connectivity index (χ3v) is 12.5. The molecule has 10 aromatic carbocycles. The molecule has 0 saturated carbocycles. The summed E-state index contributed by atoms with van der Waals surface area (Å²) in [5.74, 6) is 0. The number of para-hydroxylation sites is 4. The molecule has 0 spiro atoms. The fraction of sp³-hybridized carbons (Fsp3) is 0. The zero-order valence-electron chi connectivity index (χ0n) is 34.5. The van der Waals surface area contributed by atoms with Crippen molar-refractivity contribution in [2.75, 3.05) is 4.90 Å². The predicted molar refractivity (Wildman–Crippen MR) is 266 cm³/mol. The minimum Gasteiger partial charge on any atom is -0.310 e. The van der Waals surface area contributed by atoms with Gasteiger partial charge in [0.15, 0.2) is 0 Å². The Morgan fingerprint density at radius 2 is 0.778 bits per heavy atom. The maximum atomic E-state index is 2.48. The van der Waals surface area contributed by atoms with Crippen molar-refractivity contribution in [3.05, 3.63) is 249 Å². The average molecular weight is 804 g/mol. The average Bonchev–Trinajstić information content (AvgIpc) is 3.89. The van der Waals surface area contributed by atoms with Crippen molar-refractivity contribution < 1.29 is 0 Å². The highest BCUT2D eigenvalue weighted by Gasteiger charge is 2.25. The lowest BCUT2D eigenvalue weighted by molar-refractivity contribution is 1.14. The van der Waals surface area contributed by atoms with E-state index in [-0.39, 0.29) is 0 Å². The fourth-order valence-electron chi connectivity index (χ4n) is 9.75. The van der Waals surface area contributed by atoms with Crippen LogP contribution in [0.4, 0.5) is 17.1 Å². The van der Waals surface area contributed by atoms with Crippen LogP contribution >= 0.6 is 0 Å². The summed E-state index contributed by atoms with van der Waals surface area (Å²) in [6.45, 7) is 0. The molecule has 2 heterocycles. The van der Waals surface area contributed by atoms with E-state index in [0.717, 1.165) is 28.4 Å². The number of nitrogens with zero attached hydrogens (tertiary/aromatic N) is 3. The van der Waals surface area contributed by atoms with Crippen LogP contribution in [0.25, 0.3) is 88.4 Å². The van der Waals surface area contributed by atoms with Crippen LogP contribution < -0.4 is 4.90 Å². The van der Waals surface area contributed by atoms with Crippen molar-refractivity contribution in [2.24, 2.45) is 0 Å². The summed E-state index contributed by atoms with van der Waals surface area (Å²) >= 11 is 0. The van der Waals surface area contributed by atoms with Gasteiger partial charge in [-0.05, 0) is 107 Å². The van der Waals surface area contributed by atoms with Crippen LogP contribution in [-0.2, 0) is 0 Å². The van der Waals surface area contributed by atoms with E-state index in [0.29, 0.717) is 0 Å². The summed E-state index contributed by atoms with van der Waals surface area (Å²) in [6.07, 6.45) is 0.